The summed E-state index contributed by atoms with van der Waals surface area (Å²) in [7, 11) is 0. The normalized spacial score (nSPS) is 10.4. The van der Waals surface area contributed by atoms with Crippen LogP contribution in [0.25, 0.3) is 0 Å². The lowest BCUT2D eigenvalue weighted by atomic mass is 10.1. The van der Waals surface area contributed by atoms with E-state index in [1.807, 2.05) is 0 Å². The van der Waals surface area contributed by atoms with E-state index >= 15 is 0 Å². The molecule has 3 nitrogen and oxygen atoms in total. The van der Waals surface area contributed by atoms with E-state index in [0.29, 0.717) is 27.4 Å². The summed E-state index contributed by atoms with van der Waals surface area (Å²) in [5, 5.41) is 4.83. The number of rotatable bonds is 3. The molecule has 2 aromatic rings. The second kappa shape index (κ2) is 4.80. The van der Waals surface area contributed by atoms with Crippen LogP contribution in [0.2, 0.25) is 5.02 Å². The molecule has 0 N–H and O–H groups in total. The molecular weight excluding hydrogens is 293 g/mol. The molecule has 16 heavy (non-hydrogen) atoms. The van der Waals surface area contributed by atoms with Gasteiger partial charge < -0.3 is 4.52 Å². The van der Waals surface area contributed by atoms with Gasteiger partial charge in [0.05, 0.1) is 5.33 Å². The number of hydrogen-bond acceptors (Lipinski definition) is 3. The van der Waals surface area contributed by atoms with Crippen molar-refractivity contribution in [2.24, 2.45) is 0 Å². The summed E-state index contributed by atoms with van der Waals surface area (Å²) in [4.78, 5) is 11.9. The zero-order chi connectivity index (χ0) is 11.5. The number of ketones is 1. The molecule has 0 saturated heterocycles. The minimum absolute atomic E-state index is 0.174. The number of alkyl halides is 1. The van der Waals surface area contributed by atoms with Crippen LogP contribution in [-0.4, -0.2) is 10.9 Å². The van der Waals surface area contributed by atoms with Crippen molar-refractivity contribution in [3.63, 3.8) is 0 Å². The third-order valence-electron chi connectivity index (χ3n) is 2.03. The van der Waals surface area contributed by atoms with Gasteiger partial charge in [-0.25, -0.2) is 0 Å². The molecule has 1 aromatic carbocycles. The van der Waals surface area contributed by atoms with Crippen LogP contribution in [-0.2, 0) is 5.33 Å². The predicted octanol–water partition coefficient (Wildman–Crippen LogP) is 3.45. The first-order valence-corrected chi connectivity index (χ1v) is 6.02. The Morgan fingerprint density at radius 1 is 1.38 bits per heavy atom. The summed E-state index contributed by atoms with van der Waals surface area (Å²) < 4.78 is 4.94. The highest BCUT2D eigenvalue weighted by atomic mass is 79.9. The minimum Gasteiger partial charge on any atom is -0.360 e. The fraction of sp³-hybridized carbons (Fsp3) is 0.0909. The molecule has 0 saturated carbocycles. The second-order valence-corrected chi connectivity index (χ2v) is 4.15. The van der Waals surface area contributed by atoms with Gasteiger partial charge >= 0.3 is 0 Å². The number of halogens is 2. The number of benzene rings is 1. The molecule has 0 amide bonds. The monoisotopic (exact) mass is 299 g/mol. The first kappa shape index (κ1) is 11.4. The molecule has 0 spiro atoms. The summed E-state index contributed by atoms with van der Waals surface area (Å²) >= 11 is 8.96. The Labute approximate surface area is 106 Å². The van der Waals surface area contributed by atoms with Gasteiger partial charge in [0.15, 0.2) is 5.69 Å². The summed E-state index contributed by atoms with van der Waals surface area (Å²) in [6.07, 6.45) is 0. The van der Waals surface area contributed by atoms with Gasteiger partial charge in [-0.15, -0.1) is 0 Å². The Morgan fingerprint density at radius 3 is 2.62 bits per heavy atom. The van der Waals surface area contributed by atoms with E-state index in [1.165, 1.54) is 0 Å². The zero-order valence-electron chi connectivity index (χ0n) is 8.11. The molecule has 0 radical (unpaired) electrons. The maximum atomic E-state index is 11.9. The van der Waals surface area contributed by atoms with Crippen LogP contribution in [0, 0.1) is 0 Å². The number of carbonyl (C=O) groups excluding carboxylic acids is 1. The molecular formula is C11H7BrClNO2. The highest BCUT2D eigenvalue weighted by Crippen LogP contribution is 2.15. The molecule has 0 atom stereocenters. The van der Waals surface area contributed by atoms with E-state index in [2.05, 4.69) is 21.1 Å². The predicted molar refractivity (Wildman–Crippen MR) is 64.0 cm³/mol. The molecule has 1 aromatic heterocycles. The lowest BCUT2D eigenvalue weighted by Gasteiger charge is -1.96. The second-order valence-electron chi connectivity index (χ2n) is 3.15. The largest absolute Gasteiger partial charge is 0.360 e. The molecule has 5 heteroatoms. The maximum absolute atomic E-state index is 11.9. The van der Waals surface area contributed by atoms with Crippen molar-refractivity contribution in [2.75, 3.05) is 0 Å². The van der Waals surface area contributed by atoms with E-state index in [1.54, 1.807) is 30.3 Å². The van der Waals surface area contributed by atoms with Gasteiger partial charge in [-0.2, -0.15) is 0 Å². The van der Waals surface area contributed by atoms with Crippen LogP contribution in [0.15, 0.2) is 34.9 Å². The van der Waals surface area contributed by atoms with Crippen LogP contribution in [0.3, 0.4) is 0 Å². The van der Waals surface area contributed by atoms with Crippen LogP contribution in [0.5, 0.6) is 0 Å². The number of carbonyl (C=O) groups is 1. The van der Waals surface area contributed by atoms with Gasteiger partial charge in [0.2, 0.25) is 5.78 Å². The van der Waals surface area contributed by atoms with Gasteiger partial charge in [-0.1, -0.05) is 32.7 Å². The van der Waals surface area contributed by atoms with Crippen molar-refractivity contribution in [3.8, 4) is 0 Å². The standard InChI is InChI=1S/C11H7BrClNO2/c12-6-9-5-10(14-16-9)11(15)7-1-3-8(13)4-2-7/h1-5H,6H2. The SMILES string of the molecule is O=C(c1ccc(Cl)cc1)c1cc(CBr)on1. The quantitative estimate of drug-likeness (QED) is 0.644. The highest BCUT2D eigenvalue weighted by molar-refractivity contribution is 9.08. The Balaban J connectivity index is 2.28. The first-order valence-electron chi connectivity index (χ1n) is 4.52. The Kier molecular flexibility index (Phi) is 3.41. The summed E-state index contributed by atoms with van der Waals surface area (Å²) in [6.45, 7) is 0. The average molecular weight is 301 g/mol. The molecule has 1 heterocycles. The molecule has 82 valence electrons. The molecule has 0 bridgehead atoms. The fourth-order valence-corrected chi connectivity index (χ4v) is 1.62. The Hall–Kier alpha value is -1.13. The van der Waals surface area contributed by atoms with Gasteiger partial charge in [0, 0.05) is 16.7 Å². The zero-order valence-corrected chi connectivity index (χ0v) is 10.5. The molecule has 0 fully saturated rings. The number of hydrogen-bond donors (Lipinski definition) is 0. The molecule has 0 aliphatic carbocycles. The van der Waals surface area contributed by atoms with Crippen molar-refractivity contribution in [1.82, 2.24) is 5.16 Å². The van der Waals surface area contributed by atoms with Crippen molar-refractivity contribution in [2.45, 2.75) is 5.33 Å². The van der Waals surface area contributed by atoms with Crippen molar-refractivity contribution >= 4 is 33.3 Å². The molecule has 2 rings (SSSR count). The van der Waals surface area contributed by atoms with Crippen molar-refractivity contribution in [3.05, 3.63) is 52.4 Å². The highest BCUT2D eigenvalue weighted by Gasteiger charge is 2.13. The van der Waals surface area contributed by atoms with E-state index in [9.17, 15) is 4.79 Å². The van der Waals surface area contributed by atoms with Crippen LogP contribution in [0.4, 0.5) is 0 Å². The Morgan fingerprint density at radius 2 is 2.06 bits per heavy atom. The lowest BCUT2D eigenvalue weighted by molar-refractivity contribution is 0.103. The van der Waals surface area contributed by atoms with E-state index in [4.69, 9.17) is 16.1 Å². The molecule has 0 aliphatic heterocycles. The lowest BCUT2D eigenvalue weighted by Crippen LogP contribution is -2.00. The van der Waals surface area contributed by atoms with E-state index < -0.39 is 0 Å². The minimum atomic E-state index is -0.174. The van der Waals surface area contributed by atoms with Gasteiger partial charge in [-0.05, 0) is 24.3 Å². The van der Waals surface area contributed by atoms with Crippen LogP contribution < -0.4 is 0 Å². The Bertz CT molecular complexity index is 507. The van der Waals surface area contributed by atoms with Crippen molar-refractivity contribution in [1.29, 1.82) is 0 Å². The van der Waals surface area contributed by atoms with Gasteiger partial charge in [-0.3, -0.25) is 4.79 Å². The van der Waals surface area contributed by atoms with Gasteiger partial charge in [0.1, 0.15) is 5.76 Å². The summed E-state index contributed by atoms with van der Waals surface area (Å²) in [6, 6.07) is 8.27. The van der Waals surface area contributed by atoms with E-state index in [0.717, 1.165) is 0 Å². The van der Waals surface area contributed by atoms with E-state index in [-0.39, 0.29) is 5.78 Å². The average Bonchev–Trinajstić information content (AvgIpc) is 2.77. The molecule has 0 unspecified atom stereocenters. The van der Waals surface area contributed by atoms with Crippen LogP contribution in [0.1, 0.15) is 21.8 Å². The van der Waals surface area contributed by atoms with Crippen molar-refractivity contribution < 1.29 is 9.32 Å². The fourth-order valence-electron chi connectivity index (χ4n) is 1.23. The number of aromatic nitrogens is 1. The topological polar surface area (TPSA) is 43.1 Å². The van der Waals surface area contributed by atoms with Crippen LogP contribution >= 0.6 is 27.5 Å². The third kappa shape index (κ3) is 2.33. The van der Waals surface area contributed by atoms with Gasteiger partial charge in [0.25, 0.3) is 0 Å². The summed E-state index contributed by atoms with van der Waals surface area (Å²) in [5.41, 5.74) is 0.843. The smallest absolute Gasteiger partial charge is 0.214 e. The maximum Gasteiger partial charge on any atom is 0.214 e. The third-order valence-corrected chi connectivity index (χ3v) is 2.83. The number of nitrogens with zero attached hydrogens (tertiary/aromatic N) is 1. The first-order chi connectivity index (χ1) is 7.70. The molecule has 0 aliphatic rings. The summed E-state index contributed by atoms with van der Waals surface area (Å²) in [5.74, 6) is 0.449.